The molecule has 0 aliphatic heterocycles. The van der Waals surface area contributed by atoms with Crippen LogP contribution in [0.15, 0.2) is 6.07 Å². The Morgan fingerprint density at radius 1 is 1.53 bits per heavy atom. The molecule has 15 heavy (non-hydrogen) atoms. The number of methoxy groups -OCH3 is 1. The van der Waals surface area contributed by atoms with Gasteiger partial charge < -0.3 is 9.84 Å². The first-order valence-corrected chi connectivity index (χ1v) is 5.13. The van der Waals surface area contributed by atoms with Crippen LogP contribution < -0.4 is 4.74 Å². The molecule has 1 fully saturated rings. The van der Waals surface area contributed by atoms with Crippen LogP contribution in [0.1, 0.15) is 24.0 Å². The van der Waals surface area contributed by atoms with E-state index in [4.69, 9.17) is 16.3 Å². The second-order valence-corrected chi connectivity index (χ2v) is 4.31. The second-order valence-electron chi connectivity index (χ2n) is 3.93. The van der Waals surface area contributed by atoms with Gasteiger partial charge in [-0.1, -0.05) is 11.6 Å². The third kappa shape index (κ3) is 1.60. The van der Waals surface area contributed by atoms with Crippen molar-refractivity contribution in [3.63, 3.8) is 0 Å². The molecule has 1 aromatic rings. The highest BCUT2D eigenvalue weighted by Crippen LogP contribution is 2.49. The lowest BCUT2D eigenvalue weighted by Crippen LogP contribution is -2.09. The third-order valence-electron chi connectivity index (χ3n) is 2.77. The molecule has 0 atom stereocenters. The molecular formula is C11H12ClFO2. The van der Waals surface area contributed by atoms with Gasteiger partial charge in [-0.2, -0.15) is 0 Å². The number of aryl methyl sites for hydroxylation is 1. The SMILES string of the molecule is COc1c(F)c(C2(O)CC2)cc(C)c1Cl. The molecular weight excluding hydrogens is 219 g/mol. The molecule has 0 amide bonds. The first kappa shape index (κ1) is 10.7. The van der Waals surface area contributed by atoms with Crippen molar-refractivity contribution in [3.05, 3.63) is 28.0 Å². The summed E-state index contributed by atoms with van der Waals surface area (Å²) in [4.78, 5) is 0. The summed E-state index contributed by atoms with van der Waals surface area (Å²) in [5.41, 5.74) is -0.00122. The lowest BCUT2D eigenvalue weighted by atomic mass is 10.0. The van der Waals surface area contributed by atoms with Crippen molar-refractivity contribution in [2.75, 3.05) is 7.11 Å². The summed E-state index contributed by atoms with van der Waals surface area (Å²) in [5, 5.41) is 10.1. The minimum Gasteiger partial charge on any atom is -0.492 e. The van der Waals surface area contributed by atoms with Crippen LogP contribution in [0.25, 0.3) is 0 Å². The van der Waals surface area contributed by atoms with E-state index in [1.54, 1.807) is 13.0 Å². The van der Waals surface area contributed by atoms with Crippen LogP contribution in [-0.4, -0.2) is 12.2 Å². The molecule has 1 N–H and O–H groups in total. The van der Waals surface area contributed by atoms with Gasteiger partial charge in [0.1, 0.15) is 0 Å². The quantitative estimate of drug-likeness (QED) is 0.847. The van der Waals surface area contributed by atoms with Crippen LogP contribution in [0.4, 0.5) is 4.39 Å². The number of ether oxygens (including phenoxy) is 1. The molecule has 1 saturated carbocycles. The van der Waals surface area contributed by atoms with Gasteiger partial charge in [0.25, 0.3) is 0 Å². The number of rotatable bonds is 2. The van der Waals surface area contributed by atoms with Crippen LogP contribution in [0.3, 0.4) is 0 Å². The molecule has 0 heterocycles. The molecule has 0 bridgehead atoms. The monoisotopic (exact) mass is 230 g/mol. The van der Waals surface area contributed by atoms with Crippen molar-refractivity contribution in [3.8, 4) is 5.75 Å². The number of halogens is 2. The Labute approximate surface area is 92.6 Å². The highest BCUT2D eigenvalue weighted by atomic mass is 35.5. The summed E-state index contributed by atoms with van der Waals surface area (Å²) in [6, 6.07) is 1.59. The van der Waals surface area contributed by atoms with Crippen LogP contribution in [0.2, 0.25) is 5.02 Å². The van der Waals surface area contributed by atoms with Crippen LogP contribution in [0.5, 0.6) is 5.75 Å². The summed E-state index contributed by atoms with van der Waals surface area (Å²) in [6.45, 7) is 1.76. The van der Waals surface area contributed by atoms with Gasteiger partial charge in [0.05, 0.1) is 17.7 Å². The molecule has 4 heteroatoms. The molecule has 2 rings (SSSR count). The normalized spacial score (nSPS) is 17.7. The topological polar surface area (TPSA) is 29.5 Å². The molecule has 2 nitrogen and oxygen atoms in total. The fourth-order valence-corrected chi connectivity index (χ4v) is 1.86. The van der Waals surface area contributed by atoms with E-state index in [9.17, 15) is 9.50 Å². The van der Waals surface area contributed by atoms with Gasteiger partial charge in [-0.25, -0.2) is 4.39 Å². The zero-order valence-corrected chi connectivity index (χ0v) is 9.36. The van der Waals surface area contributed by atoms with Gasteiger partial charge in [-0.3, -0.25) is 0 Å². The average molecular weight is 231 g/mol. The maximum Gasteiger partial charge on any atom is 0.173 e. The third-order valence-corrected chi connectivity index (χ3v) is 3.24. The number of hydrogen-bond donors (Lipinski definition) is 1. The highest BCUT2D eigenvalue weighted by Gasteiger charge is 2.45. The Morgan fingerprint density at radius 3 is 2.60 bits per heavy atom. The van der Waals surface area contributed by atoms with Crippen molar-refractivity contribution >= 4 is 11.6 Å². The van der Waals surface area contributed by atoms with Crippen molar-refractivity contribution < 1.29 is 14.2 Å². The summed E-state index contributed by atoms with van der Waals surface area (Å²) >= 11 is 5.89. The Hall–Kier alpha value is -0.800. The number of benzene rings is 1. The van der Waals surface area contributed by atoms with E-state index in [1.807, 2.05) is 0 Å². The van der Waals surface area contributed by atoms with E-state index in [2.05, 4.69) is 0 Å². The Kier molecular flexibility index (Phi) is 2.40. The van der Waals surface area contributed by atoms with Crippen molar-refractivity contribution in [2.24, 2.45) is 0 Å². The lowest BCUT2D eigenvalue weighted by Gasteiger charge is -2.15. The largest absolute Gasteiger partial charge is 0.492 e. The first-order valence-electron chi connectivity index (χ1n) is 4.75. The minimum atomic E-state index is -1.01. The number of aliphatic hydroxyl groups is 1. The minimum absolute atomic E-state index is 0.0204. The fraction of sp³-hybridized carbons (Fsp3) is 0.455. The summed E-state index contributed by atoms with van der Waals surface area (Å²) in [6.07, 6.45) is 1.18. The highest BCUT2D eigenvalue weighted by molar-refractivity contribution is 6.32. The van der Waals surface area contributed by atoms with E-state index in [1.165, 1.54) is 7.11 Å². The van der Waals surface area contributed by atoms with E-state index in [0.717, 1.165) is 0 Å². The maximum atomic E-state index is 13.9. The van der Waals surface area contributed by atoms with Gasteiger partial charge in [0.15, 0.2) is 11.6 Å². The molecule has 82 valence electrons. The van der Waals surface area contributed by atoms with Gasteiger partial charge in [-0.05, 0) is 31.4 Å². The lowest BCUT2D eigenvalue weighted by molar-refractivity contribution is 0.145. The van der Waals surface area contributed by atoms with Gasteiger partial charge in [0.2, 0.25) is 0 Å². The van der Waals surface area contributed by atoms with Crippen molar-refractivity contribution in [2.45, 2.75) is 25.4 Å². The maximum absolute atomic E-state index is 13.9. The second kappa shape index (κ2) is 3.35. The Balaban J connectivity index is 2.62. The molecule has 0 spiro atoms. The van der Waals surface area contributed by atoms with E-state index in [0.29, 0.717) is 24.0 Å². The molecule has 0 aromatic heterocycles. The zero-order chi connectivity index (χ0) is 11.2. The molecule has 0 unspecified atom stereocenters. The summed E-state index contributed by atoms with van der Waals surface area (Å²) in [7, 11) is 1.37. The molecule has 0 saturated heterocycles. The van der Waals surface area contributed by atoms with Crippen molar-refractivity contribution in [1.82, 2.24) is 0 Å². The predicted molar refractivity (Wildman–Crippen MR) is 55.8 cm³/mol. The fourth-order valence-electron chi connectivity index (χ4n) is 1.65. The first-order chi connectivity index (χ1) is 6.99. The van der Waals surface area contributed by atoms with E-state index >= 15 is 0 Å². The molecule has 0 radical (unpaired) electrons. The van der Waals surface area contributed by atoms with Crippen LogP contribution in [0, 0.1) is 12.7 Å². The van der Waals surface area contributed by atoms with Gasteiger partial charge in [-0.15, -0.1) is 0 Å². The molecule has 1 aromatic carbocycles. The predicted octanol–water partition coefficient (Wildman–Crippen LogP) is 2.78. The number of hydrogen-bond acceptors (Lipinski definition) is 2. The Bertz CT molecular complexity index is 414. The van der Waals surface area contributed by atoms with Gasteiger partial charge in [0, 0.05) is 5.56 Å². The Morgan fingerprint density at radius 2 is 2.13 bits per heavy atom. The van der Waals surface area contributed by atoms with Gasteiger partial charge >= 0.3 is 0 Å². The average Bonchev–Trinajstić information content (AvgIpc) is 2.92. The molecule has 1 aliphatic carbocycles. The zero-order valence-electron chi connectivity index (χ0n) is 8.60. The van der Waals surface area contributed by atoms with Crippen LogP contribution in [-0.2, 0) is 5.60 Å². The standard InChI is InChI=1S/C11H12ClFO2/c1-6-5-7(11(14)3-4-11)9(13)10(15-2)8(6)12/h5,14H,3-4H2,1-2H3. The van der Waals surface area contributed by atoms with E-state index in [-0.39, 0.29) is 10.8 Å². The summed E-state index contributed by atoms with van der Waals surface area (Å²) < 4.78 is 18.8. The molecule has 1 aliphatic rings. The smallest absolute Gasteiger partial charge is 0.173 e. The summed E-state index contributed by atoms with van der Waals surface area (Å²) in [5.74, 6) is -0.528. The van der Waals surface area contributed by atoms with Crippen molar-refractivity contribution in [1.29, 1.82) is 0 Å². The van der Waals surface area contributed by atoms with E-state index < -0.39 is 11.4 Å². The van der Waals surface area contributed by atoms with Crippen LogP contribution >= 0.6 is 11.6 Å².